The molecule has 5 heterocycles. The van der Waals surface area contributed by atoms with E-state index in [4.69, 9.17) is 19.1 Å². The number of benzene rings is 5. The van der Waals surface area contributed by atoms with Crippen LogP contribution in [0.1, 0.15) is 43.0 Å². The number of fused-ring (bicyclic) bond motifs is 7. The van der Waals surface area contributed by atoms with E-state index in [2.05, 4.69) is 147 Å². The fourth-order valence-corrected chi connectivity index (χ4v) is 8.56. The fraction of sp³-hybridized carbons (Fsp3) is 0.167. The smallest absolute Gasteiger partial charge is 0.158 e. The largest absolute Gasteiger partial charge is 0.457 e. The first-order valence-electron chi connectivity index (χ1n) is 18.8. The van der Waals surface area contributed by atoms with Crippen LogP contribution in [-0.2, 0) is 5.41 Å². The van der Waals surface area contributed by atoms with Gasteiger partial charge >= 0.3 is 0 Å². The molecule has 0 amide bonds. The van der Waals surface area contributed by atoms with E-state index >= 15 is 0 Å². The normalized spacial score (nSPS) is 13.1. The van der Waals surface area contributed by atoms with E-state index in [1.54, 1.807) is 0 Å². The third-order valence-electron chi connectivity index (χ3n) is 10.9. The predicted octanol–water partition coefficient (Wildman–Crippen LogP) is 12.7. The molecule has 7 heteroatoms. The minimum atomic E-state index is -0.0154. The SMILES string of the molecule is Cc1cc(C)c(N2CN(c3cc(Oc4ccc5c6ccccc6n(-c6cc(C(C)(C)C)ccn6)c5c4)cc4oc5ccccc5c34)c3cccnc32)c(C)c1. The molecule has 270 valence electrons. The third-order valence-corrected chi connectivity index (χ3v) is 10.9. The van der Waals surface area contributed by atoms with E-state index in [-0.39, 0.29) is 5.41 Å². The Balaban J connectivity index is 1.13. The minimum Gasteiger partial charge on any atom is -0.457 e. The number of pyridine rings is 2. The van der Waals surface area contributed by atoms with Crippen LogP contribution in [0.4, 0.5) is 22.9 Å². The number of aryl methyl sites for hydroxylation is 3. The monoisotopic (exact) mass is 719 g/mol. The van der Waals surface area contributed by atoms with E-state index in [0.29, 0.717) is 12.4 Å². The summed E-state index contributed by atoms with van der Waals surface area (Å²) in [6.45, 7) is 13.8. The highest BCUT2D eigenvalue weighted by molar-refractivity contribution is 6.14. The van der Waals surface area contributed by atoms with Crippen LogP contribution in [-0.4, -0.2) is 21.2 Å². The fourth-order valence-electron chi connectivity index (χ4n) is 8.56. The zero-order chi connectivity index (χ0) is 37.6. The summed E-state index contributed by atoms with van der Waals surface area (Å²) in [5, 5.41) is 4.41. The molecule has 0 saturated carbocycles. The van der Waals surface area contributed by atoms with Crippen molar-refractivity contribution in [3.05, 3.63) is 150 Å². The molecule has 1 aliphatic rings. The number of aromatic nitrogens is 3. The van der Waals surface area contributed by atoms with E-state index in [0.717, 1.165) is 67.1 Å². The Morgan fingerprint density at radius 1 is 0.618 bits per heavy atom. The maximum atomic E-state index is 6.86. The van der Waals surface area contributed by atoms with Gasteiger partial charge in [-0.1, -0.05) is 74.9 Å². The van der Waals surface area contributed by atoms with E-state index in [1.165, 1.54) is 33.3 Å². The number of hydrogen-bond acceptors (Lipinski definition) is 6. The van der Waals surface area contributed by atoms with Crippen LogP contribution >= 0.6 is 0 Å². The van der Waals surface area contributed by atoms with Crippen LogP contribution in [0, 0.1) is 20.8 Å². The Morgan fingerprint density at radius 3 is 2.20 bits per heavy atom. The number of nitrogens with zero attached hydrogens (tertiary/aromatic N) is 5. The van der Waals surface area contributed by atoms with Gasteiger partial charge in [-0.2, -0.15) is 0 Å². The number of furan rings is 1. The lowest BCUT2D eigenvalue weighted by Gasteiger charge is -2.25. The first-order chi connectivity index (χ1) is 26.6. The Morgan fingerprint density at radius 2 is 1.38 bits per heavy atom. The molecule has 5 aromatic carbocycles. The van der Waals surface area contributed by atoms with Crippen LogP contribution in [0.5, 0.6) is 11.5 Å². The molecule has 0 unspecified atom stereocenters. The third kappa shape index (κ3) is 5.33. The molecule has 0 N–H and O–H groups in total. The molecule has 0 fully saturated rings. The van der Waals surface area contributed by atoms with Crippen molar-refractivity contribution in [2.45, 2.75) is 47.0 Å². The maximum Gasteiger partial charge on any atom is 0.158 e. The molecule has 0 spiro atoms. The van der Waals surface area contributed by atoms with Gasteiger partial charge in [-0.15, -0.1) is 0 Å². The van der Waals surface area contributed by atoms with Gasteiger partial charge in [-0.25, -0.2) is 9.97 Å². The molecular formula is C48H41N5O2. The second-order valence-electron chi connectivity index (χ2n) is 15.8. The number of para-hydroxylation sites is 2. The quantitative estimate of drug-likeness (QED) is 0.176. The molecule has 55 heavy (non-hydrogen) atoms. The van der Waals surface area contributed by atoms with Crippen molar-refractivity contribution in [1.82, 2.24) is 14.5 Å². The molecule has 0 atom stereocenters. The number of anilines is 4. The number of rotatable bonds is 5. The summed E-state index contributed by atoms with van der Waals surface area (Å²) in [5.41, 5.74) is 11.8. The average Bonchev–Trinajstić information content (AvgIpc) is 3.84. The second-order valence-corrected chi connectivity index (χ2v) is 15.8. The van der Waals surface area contributed by atoms with E-state index in [9.17, 15) is 0 Å². The van der Waals surface area contributed by atoms with Crippen LogP contribution in [0.3, 0.4) is 0 Å². The van der Waals surface area contributed by atoms with Crippen molar-refractivity contribution < 1.29 is 9.15 Å². The first kappa shape index (κ1) is 33.0. The lowest BCUT2D eigenvalue weighted by molar-refractivity contribution is 0.483. The molecule has 0 saturated heterocycles. The second kappa shape index (κ2) is 12.2. The molecule has 0 radical (unpaired) electrons. The standard InChI is InChI=1S/C48H41N5O2/c1-29-22-30(2)46(31(3)23-29)52-28-51(39-15-11-20-50-47(39)52)41-26-34(27-43-45(41)37-13-8-10-16-42(37)55-43)54-33-17-18-36-35-12-7-9-14-38(35)53(40(36)25-33)44-24-32(19-21-49-44)48(4,5)6/h7-27H,28H2,1-6H3. The van der Waals surface area contributed by atoms with Gasteiger partial charge in [-0.05, 0) is 91.4 Å². The van der Waals surface area contributed by atoms with Gasteiger partial charge in [0.05, 0.1) is 33.5 Å². The summed E-state index contributed by atoms with van der Waals surface area (Å²) >= 11 is 0. The van der Waals surface area contributed by atoms with Crippen molar-refractivity contribution in [1.29, 1.82) is 0 Å². The van der Waals surface area contributed by atoms with E-state index in [1.807, 2.05) is 36.7 Å². The topological polar surface area (TPSA) is 59.6 Å². The van der Waals surface area contributed by atoms with Crippen LogP contribution in [0.15, 0.2) is 132 Å². The zero-order valence-corrected chi connectivity index (χ0v) is 31.9. The van der Waals surface area contributed by atoms with E-state index < -0.39 is 0 Å². The van der Waals surface area contributed by atoms with Crippen LogP contribution in [0.2, 0.25) is 0 Å². The molecular weight excluding hydrogens is 679 g/mol. The van der Waals surface area contributed by atoms with Gasteiger partial charge in [-0.3, -0.25) is 4.57 Å². The summed E-state index contributed by atoms with van der Waals surface area (Å²) in [4.78, 5) is 14.5. The summed E-state index contributed by atoms with van der Waals surface area (Å²) in [5.74, 6) is 3.21. The molecule has 0 aliphatic carbocycles. The molecule has 7 nitrogen and oxygen atoms in total. The maximum absolute atomic E-state index is 6.86. The van der Waals surface area contributed by atoms with Crippen molar-refractivity contribution in [3.8, 4) is 17.3 Å². The van der Waals surface area contributed by atoms with Gasteiger partial charge in [0.2, 0.25) is 0 Å². The van der Waals surface area contributed by atoms with Gasteiger partial charge in [0.25, 0.3) is 0 Å². The molecule has 0 bridgehead atoms. The molecule has 10 rings (SSSR count). The number of hydrogen-bond donors (Lipinski definition) is 0. The highest BCUT2D eigenvalue weighted by Crippen LogP contribution is 2.49. The van der Waals surface area contributed by atoms with Crippen LogP contribution < -0.4 is 14.5 Å². The highest BCUT2D eigenvalue weighted by Gasteiger charge is 2.33. The lowest BCUT2D eigenvalue weighted by Crippen LogP contribution is -2.25. The summed E-state index contributed by atoms with van der Waals surface area (Å²) in [6.07, 6.45) is 3.79. The number of ether oxygens (including phenoxy) is 1. The lowest BCUT2D eigenvalue weighted by atomic mass is 9.88. The van der Waals surface area contributed by atoms with Gasteiger partial charge < -0.3 is 19.0 Å². The molecule has 4 aromatic heterocycles. The molecule has 9 aromatic rings. The summed E-state index contributed by atoms with van der Waals surface area (Å²) in [6, 6.07) is 40.2. The average molecular weight is 720 g/mol. The first-order valence-corrected chi connectivity index (χ1v) is 18.8. The van der Waals surface area contributed by atoms with Crippen molar-refractivity contribution in [2.24, 2.45) is 0 Å². The Bertz CT molecular complexity index is 2960. The van der Waals surface area contributed by atoms with Crippen molar-refractivity contribution >= 4 is 66.6 Å². The summed E-state index contributed by atoms with van der Waals surface area (Å²) in [7, 11) is 0. The van der Waals surface area contributed by atoms with Crippen molar-refractivity contribution in [3.63, 3.8) is 0 Å². The Hall–Kier alpha value is -6.60. The zero-order valence-electron chi connectivity index (χ0n) is 31.9. The highest BCUT2D eigenvalue weighted by atomic mass is 16.5. The Labute approximate surface area is 320 Å². The summed E-state index contributed by atoms with van der Waals surface area (Å²) < 4.78 is 15.7. The van der Waals surface area contributed by atoms with Gasteiger partial charge in [0.15, 0.2) is 5.82 Å². The predicted molar refractivity (Wildman–Crippen MR) is 225 cm³/mol. The van der Waals surface area contributed by atoms with Gasteiger partial charge in [0.1, 0.15) is 35.2 Å². The molecule has 1 aliphatic heterocycles. The minimum absolute atomic E-state index is 0.0154. The van der Waals surface area contributed by atoms with Gasteiger partial charge in [0, 0.05) is 46.8 Å². The van der Waals surface area contributed by atoms with Crippen LogP contribution in [0.25, 0.3) is 49.6 Å². The Kier molecular flexibility index (Phi) is 7.33. The van der Waals surface area contributed by atoms with Crippen molar-refractivity contribution in [2.75, 3.05) is 16.5 Å².